The highest BCUT2D eigenvalue weighted by Gasteiger charge is 2.29. The molecule has 0 saturated heterocycles. The SMILES string of the molecule is C#CCN(CCC)S(=O)(=O)c1c(C)nn(CCNC)c1C. The second-order valence-corrected chi connectivity index (χ2v) is 6.74. The summed E-state index contributed by atoms with van der Waals surface area (Å²) in [5.74, 6) is 2.42. The average Bonchev–Trinajstić information content (AvgIpc) is 2.71. The van der Waals surface area contributed by atoms with Gasteiger partial charge in [-0.1, -0.05) is 12.8 Å². The summed E-state index contributed by atoms with van der Waals surface area (Å²) in [6.45, 7) is 7.27. The van der Waals surface area contributed by atoms with Gasteiger partial charge in [0.25, 0.3) is 0 Å². The van der Waals surface area contributed by atoms with E-state index >= 15 is 0 Å². The molecule has 0 fully saturated rings. The van der Waals surface area contributed by atoms with Crippen molar-refractivity contribution in [2.75, 3.05) is 26.7 Å². The zero-order valence-corrected chi connectivity index (χ0v) is 14.0. The molecule has 0 aliphatic heterocycles. The smallest absolute Gasteiger partial charge is 0.247 e. The third kappa shape index (κ3) is 3.84. The summed E-state index contributed by atoms with van der Waals surface area (Å²) in [4.78, 5) is 0.280. The van der Waals surface area contributed by atoms with Crippen LogP contribution in [0.1, 0.15) is 24.7 Å². The number of sulfonamides is 1. The molecule has 1 rings (SSSR count). The normalized spacial score (nSPS) is 11.8. The van der Waals surface area contributed by atoms with Gasteiger partial charge in [0.15, 0.2) is 0 Å². The first-order chi connectivity index (χ1) is 9.89. The monoisotopic (exact) mass is 312 g/mol. The van der Waals surface area contributed by atoms with Crippen molar-refractivity contribution < 1.29 is 8.42 Å². The molecule has 7 heteroatoms. The molecule has 1 aromatic rings. The first kappa shape index (κ1) is 17.7. The lowest BCUT2D eigenvalue weighted by Gasteiger charge is -2.19. The van der Waals surface area contributed by atoms with E-state index in [1.54, 1.807) is 18.5 Å². The van der Waals surface area contributed by atoms with Crippen molar-refractivity contribution in [2.45, 2.75) is 38.6 Å². The number of hydrogen-bond acceptors (Lipinski definition) is 4. The van der Waals surface area contributed by atoms with E-state index in [0.717, 1.165) is 6.54 Å². The number of aromatic nitrogens is 2. The third-order valence-corrected chi connectivity index (χ3v) is 5.33. The Bertz CT molecular complexity index is 614. The summed E-state index contributed by atoms with van der Waals surface area (Å²) in [6.07, 6.45) is 6.01. The Morgan fingerprint density at radius 2 is 2.10 bits per heavy atom. The Morgan fingerprint density at radius 3 is 2.62 bits per heavy atom. The van der Waals surface area contributed by atoms with Crippen LogP contribution in [0.25, 0.3) is 0 Å². The maximum absolute atomic E-state index is 12.8. The molecule has 0 aliphatic rings. The van der Waals surface area contributed by atoms with Gasteiger partial charge in [-0.25, -0.2) is 8.42 Å². The van der Waals surface area contributed by atoms with Gasteiger partial charge in [-0.05, 0) is 27.3 Å². The zero-order valence-electron chi connectivity index (χ0n) is 13.2. The number of rotatable bonds is 8. The lowest BCUT2D eigenvalue weighted by Crippen LogP contribution is -2.33. The molecule has 1 N–H and O–H groups in total. The van der Waals surface area contributed by atoms with Crippen LogP contribution in [0.15, 0.2) is 4.90 Å². The van der Waals surface area contributed by atoms with Gasteiger partial charge in [-0.15, -0.1) is 6.42 Å². The number of terminal acetylenes is 1. The fourth-order valence-electron chi connectivity index (χ4n) is 2.25. The first-order valence-electron chi connectivity index (χ1n) is 7.02. The van der Waals surface area contributed by atoms with Crippen molar-refractivity contribution in [2.24, 2.45) is 0 Å². The lowest BCUT2D eigenvalue weighted by molar-refractivity contribution is 0.444. The summed E-state index contributed by atoms with van der Waals surface area (Å²) in [6, 6.07) is 0. The van der Waals surface area contributed by atoms with Gasteiger partial charge in [-0.2, -0.15) is 9.40 Å². The summed E-state index contributed by atoms with van der Waals surface area (Å²) < 4.78 is 28.7. The van der Waals surface area contributed by atoms with Gasteiger partial charge in [0.2, 0.25) is 10.0 Å². The zero-order chi connectivity index (χ0) is 16.0. The minimum Gasteiger partial charge on any atom is -0.318 e. The molecule has 0 spiro atoms. The Morgan fingerprint density at radius 1 is 1.43 bits per heavy atom. The van der Waals surface area contributed by atoms with E-state index in [9.17, 15) is 8.42 Å². The number of aryl methyl sites for hydroxylation is 1. The second kappa shape index (κ2) is 7.59. The molecule has 1 aromatic heterocycles. The van der Waals surface area contributed by atoms with Crippen molar-refractivity contribution in [3.8, 4) is 12.3 Å². The van der Waals surface area contributed by atoms with E-state index in [2.05, 4.69) is 16.3 Å². The molecule has 118 valence electrons. The van der Waals surface area contributed by atoms with Crippen LogP contribution in [0.2, 0.25) is 0 Å². The number of nitrogens with one attached hydrogen (secondary N) is 1. The molecule has 1 heterocycles. The summed E-state index contributed by atoms with van der Waals surface area (Å²) in [5, 5.41) is 7.36. The van der Waals surface area contributed by atoms with Gasteiger partial charge in [0.1, 0.15) is 4.90 Å². The topological polar surface area (TPSA) is 67.2 Å². The van der Waals surface area contributed by atoms with E-state index < -0.39 is 10.0 Å². The van der Waals surface area contributed by atoms with E-state index in [0.29, 0.717) is 30.9 Å². The Labute approximate surface area is 127 Å². The Balaban J connectivity index is 3.24. The van der Waals surface area contributed by atoms with Crippen LogP contribution in [0.3, 0.4) is 0 Å². The molecule has 0 saturated carbocycles. The fourth-order valence-corrected chi connectivity index (χ4v) is 4.07. The quantitative estimate of drug-likeness (QED) is 0.720. The third-order valence-electron chi connectivity index (χ3n) is 3.23. The first-order valence-corrected chi connectivity index (χ1v) is 8.46. The van der Waals surface area contributed by atoms with Crippen molar-refractivity contribution in [3.63, 3.8) is 0 Å². The lowest BCUT2D eigenvalue weighted by atomic mass is 10.4. The molecule has 0 aromatic carbocycles. The number of hydrogen-bond donors (Lipinski definition) is 1. The van der Waals surface area contributed by atoms with Gasteiger partial charge in [0.05, 0.1) is 24.5 Å². The number of nitrogens with zero attached hydrogens (tertiary/aromatic N) is 3. The predicted molar refractivity (Wildman–Crippen MR) is 83.5 cm³/mol. The van der Waals surface area contributed by atoms with Crippen LogP contribution in [-0.2, 0) is 16.6 Å². The minimum atomic E-state index is -3.60. The second-order valence-electron chi connectivity index (χ2n) is 4.87. The maximum Gasteiger partial charge on any atom is 0.247 e. The van der Waals surface area contributed by atoms with E-state index in [-0.39, 0.29) is 11.4 Å². The van der Waals surface area contributed by atoms with Gasteiger partial charge < -0.3 is 5.32 Å². The van der Waals surface area contributed by atoms with Gasteiger partial charge in [0, 0.05) is 13.1 Å². The van der Waals surface area contributed by atoms with Crippen LogP contribution in [-0.4, -0.2) is 49.2 Å². The van der Waals surface area contributed by atoms with Crippen LogP contribution >= 0.6 is 0 Å². The standard InChI is InChI=1S/C14H24N4O2S/c1-6-9-17(10-7-2)21(19,20)14-12(3)16-18(13(14)4)11-8-15-5/h1,15H,7-11H2,2-5H3. The van der Waals surface area contributed by atoms with Crippen molar-refractivity contribution in [1.82, 2.24) is 19.4 Å². The van der Waals surface area contributed by atoms with Gasteiger partial charge in [-0.3, -0.25) is 4.68 Å². The molecule has 21 heavy (non-hydrogen) atoms. The summed E-state index contributed by atoms with van der Waals surface area (Å²) >= 11 is 0. The van der Waals surface area contributed by atoms with Crippen LogP contribution in [0.5, 0.6) is 0 Å². The van der Waals surface area contributed by atoms with Crippen LogP contribution in [0.4, 0.5) is 0 Å². The molecule has 0 unspecified atom stereocenters. The van der Waals surface area contributed by atoms with Crippen molar-refractivity contribution in [1.29, 1.82) is 0 Å². The molecule has 0 atom stereocenters. The summed E-state index contributed by atoms with van der Waals surface area (Å²) in [5.41, 5.74) is 1.17. The average molecular weight is 312 g/mol. The van der Waals surface area contributed by atoms with E-state index in [4.69, 9.17) is 6.42 Å². The van der Waals surface area contributed by atoms with Crippen LogP contribution < -0.4 is 5.32 Å². The van der Waals surface area contributed by atoms with Crippen molar-refractivity contribution >= 4 is 10.0 Å². The van der Waals surface area contributed by atoms with Crippen LogP contribution in [0, 0.1) is 26.2 Å². The predicted octanol–water partition coefficient (Wildman–Crippen LogP) is 0.753. The fraction of sp³-hybridized carbons (Fsp3) is 0.643. The molecular weight excluding hydrogens is 288 g/mol. The summed E-state index contributed by atoms with van der Waals surface area (Å²) in [7, 11) is -1.76. The van der Waals surface area contributed by atoms with E-state index in [1.807, 2.05) is 14.0 Å². The van der Waals surface area contributed by atoms with E-state index in [1.165, 1.54) is 4.31 Å². The maximum atomic E-state index is 12.8. The molecule has 0 aliphatic carbocycles. The molecule has 0 amide bonds. The highest BCUT2D eigenvalue weighted by atomic mass is 32.2. The molecule has 0 radical (unpaired) electrons. The molecule has 0 bridgehead atoms. The Hall–Kier alpha value is -1.36. The Kier molecular flexibility index (Phi) is 6.40. The van der Waals surface area contributed by atoms with Crippen molar-refractivity contribution in [3.05, 3.63) is 11.4 Å². The number of likely N-dealkylation sites (N-methyl/N-ethyl adjacent to an activating group) is 1. The molecule has 6 nitrogen and oxygen atoms in total. The molecular formula is C14H24N4O2S. The minimum absolute atomic E-state index is 0.0801. The largest absolute Gasteiger partial charge is 0.318 e. The highest BCUT2D eigenvalue weighted by Crippen LogP contribution is 2.23. The van der Waals surface area contributed by atoms with Gasteiger partial charge >= 0.3 is 0 Å². The highest BCUT2D eigenvalue weighted by molar-refractivity contribution is 7.89.